The van der Waals surface area contributed by atoms with Gasteiger partial charge in [-0.15, -0.1) is 20.4 Å². The van der Waals surface area contributed by atoms with Crippen LogP contribution in [0.5, 0.6) is 11.5 Å². The Hall–Kier alpha value is -8.00. The minimum absolute atomic E-state index is 0.250. The summed E-state index contributed by atoms with van der Waals surface area (Å²) in [4.78, 5) is 16.1. The number of benzene rings is 6. The van der Waals surface area contributed by atoms with Gasteiger partial charge in [0.2, 0.25) is 0 Å². The first kappa shape index (κ1) is 45.2. The van der Waals surface area contributed by atoms with Crippen LogP contribution >= 0.6 is 0 Å². The minimum Gasteiger partial charge on any atom is -0.355 e. The number of aromatic nitrogens is 12. The molecule has 14 heteroatoms. The lowest BCUT2D eigenvalue weighted by molar-refractivity contribution is 0.179. The van der Waals surface area contributed by atoms with Crippen LogP contribution in [0.3, 0.4) is 0 Å². The molecule has 0 spiro atoms. The average molecular weight is 905 g/mol. The Balaban J connectivity index is 0.000000170. The molecule has 4 heterocycles. The predicted octanol–water partition coefficient (Wildman–Crippen LogP) is 11.6. The van der Waals surface area contributed by atoms with E-state index >= 15 is 0 Å². The molecule has 10 aromatic rings. The fourth-order valence-electron chi connectivity index (χ4n) is 9.05. The second kappa shape index (κ2) is 18.4. The van der Waals surface area contributed by atoms with Crippen LogP contribution in [0.2, 0.25) is 0 Å². The van der Waals surface area contributed by atoms with E-state index in [0.717, 1.165) is 113 Å². The largest absolute Gasteiger partial charge is 0.355 e. The summed E-state index contributed by atoms with van der Waals surface area (Å²) in [7, 11) is 0. The van der Waals surface area contributed by atoms with Crippen molar-refractivity contribution in [1.82, 2.24) is 60.3 Å². The molecule has 0 aliphatic rings. The van der Waals surface area contributed by atoms with Gasteiger partial charge in [0.15, 0.2) is 11.5 Å². The van der Waals surface area contributed by atoms with Gasteiger partial charge in [-0.25, -0.2) is 9.36 Å². The van der Waals surface area contributed by atoms with Crippen molar-refractivity contribution in [3.8, 4) is 11.5 Å². The van der Waals surface area contributed by atoms with Crippen molar-refractivity contribution >= 4 is 44.1 Å². The van der Waals surface area contributed by atoms with Crippen molar-refractivity contribution in [2.45, 2.75) is 94.2 Å². The van der Waals surface area contributed by atoms with Gasteiger partial charge in [-0.05, 0) is 183 Å². The monoisotopic (exact) mass is 904 g/mol. The number of hydrogen-bond acceptors (Lipinski definition) is 10. The van der Waals surface area contributed by atoms with E-state index in [1.165, 1.54) is 31.9 Å². The second-order valence-electron chi connectivity index (χ2n) is 17.4. The van der Waals surface area contributed by atoms with Crippen LogP contribution in [0.1, 0.15) is 94.4 Å². The Bertz CT molecular complexity index is 3320. The molecule has 0 fully saturated rings. The van der Waals surface area contributed by atoms with Crippen molar-refractivity contribution in [3.63, 3.8) is 0 Å². The summed E-state index contributed by atoms with van der Waals surface area (Å²) >= 11 is 0. The molecule has 2 atom stereocenters. The zero-order valence-corrected chi connectivity index (χ0v) is 40.4. The van der Waals surface area contributed by atoms with Crippen molar-refractivity contribution in [2.24, 2.45) is 0 Å². The van der Waals surface area contributed by atoms with Crippen molar-refractivity contribution < 1.29 is 9.68 Å². The van der Waals surface area contributed by atoms with E-state index in [1.807, 2.05) is 106 Å². The molecule has 0 saturated carbocycles. The Morgan fingerprint density at radius 2 is 0.706 bits per heavy atom. The number of rotatable bonds is 12. The normalized spacial score (nSPS) is 12.4. The van der Waals surface area contributed by atoms with Crippen LogP contribution in [0, 0.1) is 55.4 Å². The van der Waals surface area contributed by atoms with Crippen molar-refractivity contribution in [1.29, 1.82) is 0 Å². The van der Waals surface area contributed by atoms with Gasteiger partial charge in [0.25, 0.3) is 0 Å². The third kappa shape index (κ3) is 7.74. The molecule has 0 saturated heterocycles. The molecule has 0 amide bonds. The highest BCUT2D eigenvalue weighted by Crippen LogP contribution is 2.44. The van der Waals surface area contributed by atoms with Gasteiger partial charge in [0.05, 0.1) is 11.0 Å². The Labute approximate surface area is 395 Å². The molecule has 0 aliphatic carbocycles. The second-order valence-corrected chi connectivity index (χ2v) is 17.4. The topological polar surface area (TPSA) is 141 Å². The van der Waals surface area contributed by atoms with Gasteiger partial charge < -0.3 is 9.68 Å². The molecule has 2 unspecified atom stereocenters. The van der Waals surface area contributed by atoms with E-state index in [2.05, 4.69) is 124 Å². The van der Waals surface area contributed by atoms with E-state index in [-0.39, 0.29) is 12.1 Å². The zero-order valence-electron chi connectivity index (χ0n) is 40.4. The van der Waals surface area contributed by atoms with Crippen LogP contribution < -0.4 is 9.68 Å². The van der Waals surface area contributed by atoms with E-state index in [4.69, 9.17) is 9.68 Å². The van der Waals surface area contributed by atoms with Gasteiger partial charge in [0, 0.05) is 11.1 Å². The minimum atomic E-state index is -0.250. The predicted molar refractivity (Wildman–Crippen MR) is 268 cm³/mol. The summed E-state index contributed by atoms with van der Waals surface area (Å²) in [6, 6.07) is 31.0. The third-order valence-electron chi connectivity index (χ3n) is 13.8. The summed E-state index contributed by atoms with van der Waals surface area (Å²) in [6.45, 7) is 30.1. The molecule has 344 valence electrons. The van der Waals surface area contributed by atoms with E-state index in [9.17, 15) is 0 Å². The zero-order chi connectivity index (χ0) is 48.0. The average Bonchev–Trinajstić information content (AvgIpc) is 4.19. The summed E-state index contributed by atoms with van der Waals surface area (Å²) in [5.41, 5.74) is 20.0. The Kier molecular flexibility index (Phi) is 12.2. The highest BCUT2D eigenvalue weighted by atomic mass is 16.7. The maximum atomic E-state index is 6.54. The van der Waals surface area contributed by atoms with Crippen LogP contribution in [-0.4, -0.2) is 60.3 Å². The van der Waals surface area contributed by atoms with Gasteiger partial charge in [0.1, 0.15) is 45.2 Å². The summed E-state index contributed by atoms with van der Waals surface area (Å²) in [5, 5.41) is 35.1. The van der Waals surface area contributed by atoms with Gasteiger partial charge in [-0.2, -0.15) is 0 Å². The van der Waals surface area contributed by atoms with E-state index in [1.54, 1.807) is 0 Å². The van der Waals surface area contributed by atoms with Crippen LogP contribution in [0.25, 0.3) is 44.1 Å². The molecule has 68 heavy (non-hydrogen) atoms. The molecule has 0 aliphatic heterocycles. The molecular weight excluding hydrogens is 849 g/mol. The Morgan fingerprint density at radius 3 is 1.06 bits per heavy atom. The van der Waals surface area contributed by atoms with Gasteiger partial charge in [-0.3, -0.25) is 0 Å². The smallest absolute Gasteiger partial charge is 0.167 e. The standard InChI is InChI=1S/2C27H28N6O/c2*1-7-16(2)26(32-23-14-10-8-12-21(23)28-30-32)25-19(5)17(3)18(4)20(6)27(25)34-33-24-15-11-9-13-22(24)29-31-33/h2*8-15,26H,2,7H2,1,3-6H3. The lowest BCUT2D eigenvalue weighted by atomic mass is 9.86. The fourth-order valence-corrected chi connectivity index (χ4v) is 9.05. The maximum Gasteiger partial charge on any atom is 0.167 e. The van der Waals surface area contributed by atoms with E-state index < -0.39 is 0 Å². The lowest BCUT2D eigenvalue weighted by Gasteiger charge is -2.27. The van der Waals surface area contributed by atoms with E-state index in [0.29, 0.717) is 0 Å². The number of hydrogen-bond donors (Lipinski definition) is 0. The lowest BCUT2D eigenvalue weighted by Crippen LogP contribution is -2.20. The van der Waals surface area contributed by atoms with Crippen molar-refractivity contribution in [2.75, 3.05) is 0 Å². The highest BCUT2D eigenvalue weighted by molar-refractivity contribution is 5.77. The number of allylic oxidation sites excluding steroid dienone is 2. The Morgan fingerprint density at radius 1 is 0.412 bits per heavy atom. The third-order valence-corrected chi connectivity index (χ3v) is 13.8. The SMILES string of the molecule is C=C(CC)C(c1c(C)c(C)c(C)c(C)c1On1nnc2ccccc21)n1nnc2ccccc21.C=C(CC)C(c1c(C)c(C)c(C)c(C)c1On1nnc2ccccc21)n1nnc2ccccc21. The molecule has 4 aromatic heterocycles. The fraction of sp³-hybridized carbons (Fsp3) is 0.259. The molecule has 0 N–H and O–H groups in total. The first-order valence-electron chi connectivity index (χ1n) is 23.0. The first-order valence-corrected chi connectivity index (χ1v) is 23.0. The summed E-state index contributed by atoms with van der Waals surface area (Å²) < 4.78 is 3.92. The van der Waals surface area contributed by atoms with Gasteiger partial charge >= 0.3 is 0 Å². The molecular formula is C54H56N12O2. The van der Waals surface area contributed by atoms with Crippen LogP contribution in [0.15, 0.2) is 121 Å². The quantitative estimate of drug-likeness (QED) is 0.109. The summed E-state index contributed by atoms with van der Waals surface area (Å²) in [5.74, 6) is 1.49. The van der Waals surface area contributed by atoms with Crippen LogP contribution in [0.4, 0.5) is 0 Å². The van der Waals surface area contributed by atoms with Crippen molar-refractivity contribution in [3.05, 3.63) is 177 Å². The molecule has 6 aromatic carbocycles. The molecule has 0 radical (unpaired) electrons. The molecule has 14 nitrogen and oxygen atoms in total. The first-order chi connectivity index (χ1) is 32.8. The maximum absolute atomic E-state index is 6.54. The molecule has 0 bridgehead atoms. The van der Waals surface area contributed by atoms with Crippen LogP contribution in [-0.2, 0) is 0 Å². The number of nitrogens with zero attached hydrogens (tertiary/aromatic N) is 12. The van der Waals surface area contributed by atoms with Gasteiger partial charge in [-0.1, -0.05) is 95.7 Å². The number of fused-ring (bicyclic) bond motifs is 4. The highest BCUT2D eigenvalue weighted by Gasteiger charge is 2.31. The summed E-state index contributed by atoms with van der Waals surface area (Å²) in [6.07, 6.45) is 1.58. The number of para-hydroxylation sites is 4. The molecule has 10 rings (SSSR count).